The Hall–Kier alpha value is -1.93. The van der Waals surface area contributed by atoms with Crippen LogP contribution in [0.4, 0.5) is 0 Å². The lowest BCUT2D eigenvalue weighted by molar-refractivity contribution is -0.141. The summed E-state index contributed by atoms with van der Waals surface area (Å²) < 4.78 is 27.3. The standard InChI is InChI=1S/C17H24N2O5S/c1-12-7-8-14(16(20)18(3)13(2)17(21)22)11-15(12)25(23,24)19-9-5-4-6-10-19/h7-8,11,13H,4-6,9-10H2,1-3H3,(H,21,22). The van der Waals surface area contributed by atoms with E-state index >= 15 is 0 Å². The summed E-state index contributed by atoms with van der Waals surface area (Å²) in [5.74, 6) is -1.64. The van der Waals surface area contributed by atoms with Gasteiger partial charge in [0.25, 0.3) is 5.91 Å². The molecule has 0 aliphatic carbocycles. The van der Waals surface area contributed by atoms with Crippen molar-refractivity contribution in [2.24, 2.45) is 0 Å². The van der Waals surface area contributed by atoms with E-state index in [0.717, 1.165) is 24.2 Å². The summed E-state index contributed by atoms with van der Waals surface area (Å²) in [6.45, 7) is 4.06. The second kappa shape index (κ2) is 7.53. The molecule has 0 radical (unpaired) electrons. The fourth-order valence-corrected chi connectivity index (χ4v) is 4.57. The number of carbonyl (C=O) groups excluding carboxylic acids is 1. The fourth-order valence-electron chi connectivity index (χ4n) is 2.80. The molecule has 1 atom stereocenters. The van der Waals surface area contributed by atoms with Crippen molar-refractivity contribution < 1.29 is 23.1 Å². The summed E-state index contributed by atoms with van der Waals surface area (Å²) >= 11 is 0. The van der Waals surface area contributed by atoms with E-state index in [0.29, 0.717) is 18.7 Å². The van der Waals surface area contributed by atoms with Gasteiger partial charge in [-0.15, -0.1) is 0 Å². The quantitative estimate of drug-likeness (QED) is 0.854. The smallest absolute Gasteiger partial charge is 0.326 e. The molecular weight excluding hydrogens is 344 g/mol. The number of carboxylic acids is 1. The number of carbonyl (C=O) groups is 2. The predicted octanol–water partition coefficient (Wildman–Crippen LogP) is 1.71. The second-order valence-electron chi connectivity index (χ2n) is 6.38. The topological polar surface area (TPSA) is 95.0 Å². The van der Waals surface area contributed by atoms with Crippen LogP contribution in [0.2, 0.25) is 0 Å². The average molecular weight is 368 g/mol. The van der Waals surface area contributed by atoms with Gasteiger partial charge in [0.2, 0.25) is 10.0 Å². The van der Waals surface area contributed by atoms with Crippen LogP contribution in [0.1, 0.15) is 42.1 Å². The zero-order valence-corrected chi connectivity index (χ0v) is 15.5. The van der Waals surface area contributed by atoms with Gasteiger partial charge in [0, 0.05) is 25.7 Å². The highest BCUT2D eigenvalue weighted by atomic mass is 32.2. The lowest BCUT2D eigenvalue weighted by Crippen LogP contribution is -2.40. The Labute approximate surface area is 148 Å². The summed E-state index contributed by atoms with van der Waals surface area (Å²) in [5.41, 5.74) is 0.729. The highest BCUT2D eigenvalue weighted by molar-refractivity contribution is 7.89. The molecule has 8 heteroatoms. The third-order valence-corrected chi connectivity index (χ3v) is 6.67. The molecule has 0 aromatic heterocycles. The van der Waals surface area contributed by atoms with Crippen molar-refractivity contribution in [3.05, 3.63) is 29.3 Å². The largest absolute Gasteiger partial charge is 0.480 e. The lowest BCUT2D eigenvalue weighted by atomic mass is 10.1. The number of benzene rings is 1. The Morgan fingerprint density at radius 1 is 1.20 bits per heavy atom. The Kier molecular flexibility index (Phi) is 5.84. The molecule has 1 heterocycles. The van der Waals surface area contributed by atoms with E-state index in [2.05, 4.69) is 0 Å². The average Bonchev–Trinajstić information content (AvgIpc) is 2.60. The SMILES string of the molecule is Cc1ccc(C(=O)N(C)C(C)C(=O)O)cc1S(=O)(=O)N1CCCCC1. The number of aliphatic carboxylic acids is 1. The molecule has 0 spiro atoms. The zero-order valence-electron chi connectivity index (χ0n) is 14.7. The minimum atomic E-state index is -3.66. The van der Waals surface area contributed by atoms with Crippen LogP contribution in [-0.2, 0) is 14.8 Å². The summed E-state index contributed by atoms with van der Waals surface area (Å²) in [7, 11) is -2.28. The van der Waals surface area contributed by atoms with Gasteiger partial charge in [-0.3, -0.25) is 4.79 Å². The third kappa shape index (κ3) is 4.01. The van der Waals surface area contributed by atoms with Gasteiger partial charge in [-0.1, -0.05) is 12.5 Å². The highest BCUT2D eigenvalue weighted by Crippen LogP contribution is 2.25. The highest BCUT2D eigenvalue weighted by Gasteiger charge is 2.29. The number of nitrogens with zero attached hydrogens (tertiary/aromatic N) is 2. The number of sulfonamides is 1. The third-order valence-electron chi connectivity index (χ3n) is 4.63. The number of piperidine rings is 1. The van der Waals surface area contributed by atoms with Gasteiger partial charge < -0.3 is 10.0 Å². The number of likely N-dealkylation sites (N-methyl/N-ethyl adjacent to an activating group) is 1. The zero-order chi connectivity index (χ0) is 18.8. The van der Waals surface area contributed by atoms with Crippen LogP contribution in [0.5, 0.6) is 0 Å². The number of amides is 1. The van der Waals surface area contributed by atoms with Gasteiger partial charge in [-0.25, -0.2) is 13.2 Å². The monoisotopic (exact) mass is 368 g/mol. The van der Waals surface area contributed by atoms with Gasteiger partial charge in [-0.05, 0) is 44.4 Å². The van der Waals surface area contributed by atoms with Crippen molar-refractivity contribution in [2.45, 2.75) is 44.0 Å². The predicted molar refractivity (Wildman–Crippen MR) is 93.0 cm³/mol. The van der Waals surface area contributed by atoms with E-state index in [4.69, 9.17) is 5.11 Å². The first kappa shape index (κ1) is 19.4. The van der Waals surface area contributed by atoms with Crippen LogP contribution in [0.25, 0.3) is 0 Å². The molecule has 1 aliphatic rings. The summed E-state index contributed by atoms with van der Waals surface area (Å²) in [6.07, 6.45) is 2.67. The molecular formula is C17H24N2O5S. The summed E-state index contributed by atoms with van der Waals surface area (Å²) in [4.78, 5) is 24.8. The van der Waals surface area contributed by atoms with Crippen LogP contribution >= 0.6 is 0 Å². The molecule has 0 saturated carbocycles. The maximum Gasteiger partial charge on any atom is 0.326 e. The summed E-state index contributed by atoms with van der Waals surface area (Å²) in [6, 6.07) is 3.46. The van der Waals surface area contributed by atoms with Crippen molar-refractivity contribution in [3.8, 4) is 0 Å². The van der Waals surface area contributed by atoms with Crippen molar-refractivity contribution in [1.29, 1.82) is 0 Å². The molecule has 1 unspecified atom stereocenters. The number of aryl methyl sites for hydroxylation is 1. The number of rotatable bonds is 5. The molecule has 7 nitrogen and oxygen atoms in total. The number of hydrogen-bond acceptors (Lipinski definition) is 4. The number of hydrogen-bond donors (Lipinski definition) is 1. The first-order chi connectivity index (χ1) is 11.7. The molecule has 1 fully saturated rings. The van der Waals surface area contributed by atoms with E-state index < -0.39 is 27.9 Å². The van der Waals surface area contributed by atoms with E-state index in [9.17, 15) is 18.0 Å². The maximum absolute atomic E-state index is 12.9. The fraction of sp³-hybridized carbons (Fsp3) is 0.529. The molecule has 1 aromatic carbocycles. The van der Waals surface area contributed by atoms with Gasteiger partial charge >= 0.3 is 5.97 Å². The van der Waals surface area contributed by atoms with E-state index in [-0.39, 0.29) is 10.5 Å². The molecule has 0 bridgehead atoms. The first-order valence-corrected chi connectivity index (χ1v) is 9.71. The van der Waals surface area contributed by atoms with E-state index in [1.807, 2.05) is 0 Å². The molecule has 1 N–H and O–H groups in total. The van der Waals surface area contributed by atoms with Crippen LogP contribution < -0.4 is 0 Å². The van der Waals surface area contributed by atoms with Crippen molar-refractivity contribution in [1.82, 2.24) is 9.21 Å². The van der Waals surface area contributed by atoms with Crippen molar-refractivity contribution in [2.75, 3.05) is 20.1 Å². The Balaban J connectivity index is 2.37. The van der Waals surface area contributed by atoms with Gasteiger partial charge in [0.15, 0.2) is 0 Å². The Morgan fingerprint density at radius 2 is 1.80 bits per heavy atom. The molecule has 2 rings (SSSR count). The van der Waals surface area contributed by atoms with Crippen molar-refractivity contribution in [3.63, 3.8) is 0 Å². The minimum absolute atomic E-state index is 0.108. The van der Waals surface area contributed by atoms with Gasteiger partial charge in [0.1, 0.15) is 6.04 Å². The molecule has 25 heavy (non-hydrogen) atoms. The van der Waals surface area contributed by atoms with Crippen LogP contribution in [-0.4, -0.2) is 60.8 Å². The minimum Gasteiger partial charge on any atom is -0.480 e. The van der Waals surface area contributed by atoms with Crippen molar-refractivity contribution >= 4 is 21.9 Å². The van der Waals surface area contributed by atoms with Crippen LogP contribution in [0, 0.1) is 6.92 Å². The summed E-state index contributed by atoms with van der Waals surface area (Å²) in [5, 5.41) is 9.05. The molecule has 1 aliphatic heterocycles. The molecule has 138 valence electrons. The second-order valence-corrected chi connectivity index (χ2v) is 8.28. The normalized spacial score (nSPS) is 17.1. The Bertz CT molecular complexity index is 769. The molecule has 1 aromatic rings. The van der Waals surface area contributed by atoms with E-state index in [1.54, 1.807) is 13.0 Å². The van der Waals surface area contributed by atoms with Gasteiger partial charge in [0.05, 0.1) is 4.90 Å². The first-order valence-electron chi connectivity index (χ1n) is 8.27. The maximum atomic E-state index is 12.9. The lowest BCUT2D eigenvalue weighted by Gasteiger charge is -2.27. The van der Waals surface area contributed by atoms with Crippen LogP contribution in [0.15, 0.2) is 23.1 Å². The number of carboxylic acid groups (broad SMARTS) is 1. The molecule has 1 amide bonds. The van der Waals surface area contributed by atoms with E-state index in [1.165, 1.54) is 30.4 Å². The molecule has 1 saturated heterocycles. The van der Waals surface area contributed by atoms with Crippen LogP contribution in [0.3, 0.4) is 0 Å². The Morgan fingerprint density at radius 3 is 2.36 bits per heavy atom. The van der Waals surface area contributed by atoms with Gasteiger partial charge in [-0.2, -0.15) is 4.31 Å².